The standard InChI is InChI=1S/C14H15NO3S/c1-17-8-10-3-5-11(6-4-10)14-15-12(9-19-14)7-13(16)18-2/h3-6,9H,7-8H2,1-2H3. The summed E-state index contributed by atoms with van der Waals surface area (Å²) in [5.41, 5.74) is 2.91. The third-order valence-electron chi connectivity index (χ3n) is 2.62. The molecule has 0 aliphatic heterocycles. The van der Waals surface area contributed by atoms with Crippen molar-refractivity contribution < 1.29 is 14.3 Å². The normalized spacial score (nSPS) is 10.4. The highest BCUT2D eigenvalue weighted by molar-refractivity contribution is 7.13. The van der Waals surface area contributed by atoms with Crippen LogP contribution < -0.4 is 0 Å². The van der Waals surface area contributed by atoms with Gasteiger partial charge in [-0.2, -0.15) is 0 Å². The smallest absolute Gasteiger partial charge is 0.311 e. The highest BCUT2D eigenvalue weighted by Crippen LogP contribution is 2.24. The van der Waals surface area contributed by atoms with Gasteiger partial charge in [0.2, 0.25) is 0 Å². The molecule has 0 bridgehead atoms. The molecule has 4 nitrogen and oxygen atoms in total. The van der Waals surface area contributed by atoms with E-state index >= 15 is 0 Å². The van der Waals surface area contributed by atoms with Crippen LogP contribution in [0.4, 0.5) is 0 Å². The van der Waals surface area contributed by atoms with Crippen molar-refractivity contribution in [1.82, 2.24) is 4.98 Å². The number of esters is 1. The van der Waals surface area contributed by atoms with Gasteiger partial charge in [-0.25, -0.2) is 4.98 Å². The lowest BCUT2D eigenvalue weighted by Gasteiger charge is -2.00. The van der Waals surface area contributed by atoms with Gasteiger partial charge in [0.15, 0.2) is 0 Å². The Morgan fingerprint density at radius 3 is 2.63 bits per heavy atom. The third-order valence-corrected chi connectivity index (χ3v) is 3.56. The monoisotopic (exact) mass is 277 g/mol. The first kappa shape index (κ1) is 13.7. The van der Waals surface area contributed by atoms with Crippen LogP contribution in [0.2, 0.25) is 0 Å². The lowest BCUT2D eigenvalue weighted by Crippen LogP contribution is -2.04. The predicted molar refractivity (Wildman–Crippen MR) is 74.0 cm³/mol. The minimum atomic E-state index is -0.271. The molecule has 0 radical (unpaired) electrons. The summed E-state index contributed by atoms with van der Waals surface area (Å²) in [7, 11) is 3.05. The SMILES string of the molecule is COCc1ccc(-c2nc(CC(=O)OC)cs2)cc1. The van der Waals surface area contributed by atoms with Crippen LogP contribution in [0.25, 0.3) is 10.6 Å². The molecule has 5 heteroatoms. The topological polar surface area (TPSA) is 48.4 Å². The van der Waals surface area contributed by atoms with Crippen molar-refractivity contribution in [2.24, 2.45) is 0 Å². The number of carbonyl (C=O) groups is 1. The van der Waals surface area contributed by atoms with E-state index in [-0.39, 0.29) is 12.4 Å². The minimum absolute atomic E-state index is 0.217. The Labute approximate surface area is 116 Å². The predicted octanol–water partition coefficient (Wildman–Crippen LogP) is 2.67. The fourth-order valence-electron chi connectivity index (χ4n) is 1.65. The van der Waals surface area contributed by atoms with Crippen LogP contribution in [0.15, 0.2) is 29.6 Å². The number of aromatic nitrogens is 1. The molecule has 0 spiro atoms. The molecule has 0 unspecified atom stereocenters. The van der Waals surface area contributed by atoms with E-state index in [9.17, 15) is 4.79 Å². The first-order valence-electron chi connectivity index (χ1n) is 5.82. The zero-order chi connectivity index (χ0) is 13.7. The summed E-state index contributed by atoms with van der Waals surface area (Å²) in [4.78, 5) is 15.6. The van der Waals surface area contributed by atoms with Gasteiger partial charge in [-0.05, 0) is 5.56 Å². The molecule has 0 saturated heterocycles. The minimum Gasteiger partial charge on any atom is -0.469 e. The largest absolute Gasteiger partial charge is 0.469 e. The van der Waals surface area contributed by atoms with Crippen LogP contribution in [0.3, 0.4) is 0 Å². The van der Waals surface area contributed by atoms with Crippen LogP contribution in [-0.4, -0.2) is 25.2 Å². The highest BCUT2D eigenvalue weighted by Gasteiger charge is 2.08. The van der Waals surface area contributed by atoms with Crippen LogP contribution >= 0.6 is 11.3 Å². The van der Waals surface area contributed by atoms with Gasteiger partial charge in [-0.15, -0.1) is 11.3 Å². The van der Waals surface area contributed by atoms with Gasteiger partial charge in [0.1, 0.15) is 5.01 Å². The summed E-state index contributed by atoms with van der Waals surface area (Å²) < 4.78 is 9.69. The van der Waals surface area contributed by atoms with Gasteiger partial charge >= 0.3 is 5.97 Å². The van der Waals surface area contributed by atoms with E-state index in [2.05, 4.69) is 9.72 Å². The molecule has 2 rings (SSSR count). The third kappa shape index (κ3) is 3.62. The average Bonchev–Trinajstić information content (AvgIpc) is 2.88. The molecule has 0 aliphatic rings. The first-order chi connectivity index (χ1) is 9.22. The van der Waals surface area contributed by atoms with Crippen LogP contribution in [0.5, 0.6) is 0 Å². The van der Waals surface area contributed by atoms with Crippen molar-refractivity contribution in [2.45, 2.75) is 13.0 Å². The number of thiazole rings is 1. The Morgan fingerprint density at radius 2 is 2.00 bits per heavy atom. The van der Waals surface area contributed by atoms with Crippen LogP contribution in [-0.2, 0) is 27.3 Å². The fraction of sp³-hybridized carbons (Fsp3) is 0.286. The molecular weight excluding hydrogens is 262 g/mol. The zero-order valence-corrected chi connectivity index (χ0v) is 11.7. The number of rotatable bonds is 5. The van der Waals surface area contributed by atoms with E-state index in [1.54, 1.807) is 7.11 Å². The van der Waals surface area contributed by atoms with Gasteiger partial charge in [0, 0.05) is 18.1 Å². The summed E-state index contributed by atoms with van der Waals surface area (Å²) in [6, 6.07) is 8.05. The van der Waals surface area contributed by atoms with E-state index in [1.165, 1.54) is 18.4 Å². The van der Waals surface area contributed by atoms with E-state index < -0.39 is 0 Å². The van der Waals surface area contributed by atoms with Gasteiger partial charge in [-0.1, -0.05) is 24.3 Å². The number of hydrogen-bond donors (Lipinski definition) is 0. The second-order valence-electron chi connectivity index (χ2n) is 4.03. The Balaban J connectivity index is 2.11. The second-order valence-corrected chi connectivity index (χ2v) is 4.88. The Hall–Kier alpha value is -1.72. The lowest BCUT2D eigenvalue weighted by atomic mass is 10.1. The molecule has 1 aromatic heterocycles. The summed E-state index contributed by atoms with van der Waals surface area (Å²) in [5.74, 6) is -0.271. The zero-order valence-electron chi connectivity index (χ0n) is 10.9. The fourth-order valence-corrected chi connectivity index (χ4v) is 2.48. The molecule has 2 aromatic rings. The maximum Gasteiger partial charge on any atom is 0.311 e. The van der Waals surface area contributed by atoms with Gasteiger partial charge in [-0.3, -0.25) is 4.79 Å². The Morgan fingerprint density at radius 1 is 1.26 bits per heavy atom. The van der Waals surface area contributed by atoms with Gasteiger partial charge in [0.25, 0.3) is 0 Å². The molecule has 0 atom stereocenters. The van der Waals surface area contributed by atoms with Crippen molar-refractivity contribution in [1.29, 1.82) is 0 Å². The highest BCUT2D eigenvalue weighted by atomic mass is 32.1. The van der Waals surface area contributed by atoms with E-state index in [0.717, 1.165) is 21.8 Å². The van der Waals surface area contributed by atoms with E-state index in [1.807, 2.05) is 29.6 Å². The quantitative estimate of drug-likeness (QED) is 0.788. The molecule has 100 valence electrons. The summed E-state index contributed by atoms with van der Waals surface area (Å²) in [5, 5.41) is 2.79. The molecule has 0 fully saturated rings. The molecule has 0 amide bonds. The molecule has 19 heavy (non-hydrogen) atoms. The number of methoxy groups -OCH3 is 2. The summed E-state index contributed by atoms with van der Waals surface area (Å²) in [6.45, 7) is 0.603. The number of carbonyl (C=O) groups excluding carboxylic acids is 1. The summed E-state index contributed by atoms with van der Waals surface area (Å²) >= 11 is 1.52. The number of ether oxygens (including phenoxy) is 2. The second kappa shape index (κ2) is 6.45. The lowest BCUT2D eigenvalue weighted by molar-refractivity contribution is -0.139. The van der Waals surface area contributed by atoms with Crippen molar-refractivity contribution in [3.05, 3.63) is 40.9 Å². The van der Waals surface area contributed by atoms with E-state index in [4.69, 9.17) is 4.74 Å². The van der Waals surface area contributed by atoms with Crippen molar-refractivity contribution in [3.8, 4) is 10.6 Å². The van der Waals surface area contributed by atoms with Crippen LogP contribution in [0.1, 0.15) is 11.3 Å². The van der Waals surface area contributed by atoms with Gasteiger partial charge in [0.05, 0.1) is 25.8 Å². The average molecular weight is 277 g/mol. The van der Waals surface area contributed by atoms with Crippen molar-refractivity contribution in [3.63, 3.8) is 0 Å². The first-order valence-corrected chi connectivity index (χ1v) is 6.70. The van der Waals surface area contributed by atoms with Crippen molar-refractivity contribution >= 4 is 17.3 Å². The Kier molecular flexibility index (Phi) is 4.65. The molecule has 1 aromatic carbocycles. The number of benzene rings is 1. The molecule has 1 heterocycles. The maximum atomic E-state index is 11.2. The number of nitrogens with zero attached hydrogens (tertiary/aromatic N) is 1. The maximum absolute atomic E-state index is 11.2. The Bertz CT molecular complexity index is 548. The van der Waals surface area contributed by atoms with Crippen LogP contribution in [0, 0.1) is 0 Å². The molecule has 0 aliphatic carbocycles. The molecule has 0 saturated carbocycles. The molecular formula is C14H15NO3S. The number of hydrogen-bond acceptors (Lipinski definition) is 5. The molecule has 0 N–H and O–H groups in total. The van der Waals surface area contributed by atoms with E-state index in [0.29, 0.717) is 6.61 Å². The van der Waals surface area contributed by atoms with Crippen molar-refractivity contribution in [2.75, 3.05) is 14.2 Å². The summed E-state index contributed by atoms with van der Waals surface area (Å²) in [6.07, 6.45) is 0.217. The van der Waals surface area contributed by atoms with Gasteiger partial charge < -0.3 is 9.47 Å².